The Morgan fingerprint density at radius 1 is 1.21 bits per heavy atom. The van der Waals surface area contributed by atoms with Crippen LogP contribution in [0.4, 0.5) is 10.5 Å². The zero-order valence-electron chi connectivity index (χ0n) is 13.3. The van der Waals surface area contributed by atoms with Crippen molar-refractivity contribution < 1.29 is 14.3 Å². The molecule has 0 aliphatic carbocycles. The number of ether oxygens (including phenoxy) is 2. The van der Waals surface area contributed by atoms with Gasteiger partial charge < -0.3 is 19.7 Å². The van der Waals surface area contributed by atoms with Crippen LogP contribution in [-0.2, 0) is 0 Å². The van der Waals surface area contributed by atoms with E-state index in [2.05, 4.69) is 5.32 Å². The summed E-state index contributed by atoms with van der Waals surface area (Å²) in [6, 6.07) is 13.6. The zero-order valence-corrected chi connectivity index (χ0v) is 14.1. The van der Waals surface area contributed by atoms with Crippen molar-refractivity contribution in [1.82, 2.24) is 4.90 Å². The molecule has 0 aromatic heterocycles. The van der Waals surface area contributed by atoms with Gasteiger partial charge in [-0.2, -0.15) is 0 Å². The molecule has 0 unspecified atom stereocenters. The number of nitrogens with one attached hydrogen (secondary N) is 1. The lowest BCUT2D eigenvalue weighted by Gasteiger charge is -2.24. The number of thioether (sulfide) groups is 1. The van der Waals surface area contributed by atoms with Crippen LogP contribution in [0.15, 0.2) is 42.5 Å². The standard InChI is InChI=1S/C18H18N2O3S/c1-12-3-2-4-14(9-12)19-18(21)20-7-8-24-17(20)13-5-6-15-16(10-13)23-11-22-15/h2-6,9-10,17H,7-8,11H2,1H3,(H,19,21)/t17-/m1/s1. The lowest BCUT2D eigenvalue weighted by molar-refractivity contribution is 0.174. The molecule has 2 amide bonds. The van der Waals surface area contributed by atoms with Gasteiger partial charge in [0, 0.05) is 18.0 Å². The number of fused-ring (bicyclic) bond motifs is 1. The maximum Gasteiger partial charge on any atom is 0.323 e. The van der Waals surface area contributed by atoms with Crippen molar-refractivity contribution >= 4 is 23.5 Å². The van der Waals surface area contributed by atoms with Gasteiger partial charge in [0.15, 0.2) is 11.5 Å². The van der Waals surface area contributed by atoms with Crippen LogP contribution in [-0.4, -0.2) is 30.0 Å². The summed E-state index contributed by atoms with van der Waals surface area (Å²) in [5.41, 5.74) is 3.00. The number of aryl methyl sites for hydroxylation is 1. The Bertz CT molecular complexity index is 781. The summed E-state index contributed by atoms with van der Waals surface area (Å²) in [7, 11) is 0. The molecule has 2 heterocycles. The van der Waals surface area contributed by atoms with Crippen molar-refractivity contribution in [2.45, 2.75) is 12.3 Å². The second-order valence-electron chi connectivity index (χ2n) is 5.83. The van der Waals surface area contributed by atoms with Crippen LogP contribution in [0.3, 0.4) is 0 Å². The van der Waals surface area contributed by atoms with Gasteiger partial charge in [-0.3, -0.25) is 0 Å². The maximum absolute atomic E-state index is 12.7. The summed E-state index contributed by atoms with van der Waals surface area (Å²) in [6.07, 6.45) is 0. The third-order valence-corrected chi connectivity index (χ3v) is 5.36. The summed E-state index contributed by atoms with van der Waals surface area (Å²) in [4.78, 5) is 14.6. The predicted octanol–water partition coefficient (Wildman–Crippen LogP) is 4.00. The van der Waals surface area contributed by atoms with Crippen LogP contribution in [0.25, 0.3) is 0 Å². The average molecular weight is 342 g/mol. The number of rotatable bonds is 2. The molecular weight excluding hydrogens is 324 g/mol. The Morgan fingerprint density at radius 2 is 2.08 bits per heavy atom. The van der Waals surface area contributed by atoms with Crippen LogP contribution in [0, 0.1) is 6.92 Å². The molecule has 5 nitrogen and oxygen atoms in total. The van der Waals surface area contributed by atoms with Crippen molar-refractivity contribution in [3.05, 3.63) is 53.6 Å². The molecule has 1 atom stereocenters. The minimum absolute atomic E-state index is 0.00990. The molecule has 6 heteroatoms. The van der Waals surface area contributed by atoms with E-state index in [0.717, 1.165) is 40.6 Å². The molecule has 2 aliphatic rings. The highest BCUT2D eigenvalue weighted by atomic mass is 32.2. The smallest absolute Gasteiger partial charge is 0.323 e. The zero-order chi connectivity index (χ0) is 16.5. The van der Waals surface area contributed by atoms with E-state index < -0.39 is 0 Å². The van der Waals surface area contributed by atoms with Crippen LogP contribution in [0.1, 0.15) is 16.5 Å². The molecule has 1 fully saturated rings. The Morgan fingerprint density at radius 3 is 2.96 bits per heavy atom. The van der Waals surface area contributed by atoms with Gasteiger partial charge in [0.1, 0.15) is 5.37 Å². The number of carbonyl (C=O) groups excluding carboxylic acids is 1. The number of carbonyl (C=O) groups is 1. The van der Waals surface area contributed by atoms with Gasteiger partial charge in [-0.15, -0.1) is 11.8 Å². The fourth-order valence-corrected chi connectivity index (χ4v) is 4.18. The molecule has 24 heavy (non-hydrogen) atoms. The first kappa shape index (κ1) is 15.2. The Kier molecular flexibility index (Phi) is 3.98. The molecule has 0 spiro atoms. The number of hydrogen-bond acceptors (Lipinski definition) is 4. The largest absolute Gasteiger partial charge is 0.454 e. The van der Waals surface area contributed by atoms with Crippen molar-refractivity contribution in [2.75, 3.05) is 24.4 Å². The van der Waals surface area contributed by atoms with Crippen molar-refractivity contribution in [3.8, 4) is 11.5 Å². The summed E-state index contributed by atoms with van der Waals surface area (Å²) in [5, 5.41) is 2.98. The van der Waals surface area contributed by atoms with E-state index in [4.69, 9.17) is 9.47 Å². The van der Waals surface area contributed by atoms with Gasteiger partial charge in [-0.05, 0) is 42.3 Å². The van der Waals surface area contributed by atoms with Crippen LogP contribution < -0.4 is 14.8 Å². The number of hydrogen-bond donors (Lipinski definition) is 1. The lowest BCUT2D eigenvalue weighted by Crippen LogP contribution is -2.34. The number of nitrogens with zero attached hydrogens (tertiary/aromatic N) is 1. The first-order valence-corrected chi connectivity index (χ1v) is 8.91. The highest BCUT2D eigenvalue weighted by Gasteiger charge is 2.31. The normalized spacial score (nSPS) is 18.7. The molecule has 2 aromatic rings. The number of urea groups is 1. The molecule has 0 radical (unpaired) electrons. The van der Waals surface area contributed by atoms with Gasteiger partial charge >= 0.3 is 6.03 Å². The van der Waals surface area contributed by atoms with E-state index >= 15 is 0 Å². The molecule has 124 valence electrons. The molecule has 2 aliphatic heterocycles. The number of amides is 2. The van der Waals surface area contributed by atoms with Gasteiger partial charge in [-0.1, -0.05) is 18.2 Å². The minimum atomic E-state index is -0.0757. The highest BCUT2D eigenvalue weighted by molar-refractivity contribution is 7.99. The Labute approximate surface area is 144 Å². The average Bonchev–Trinajstić information content (AvgIpc) is 3.23. The highest BCUT2D eigenvalue weighted by Crippen LogP contribution is 2.42. The number of benzene rings is 2. The fraction of sp³-hybridized carbons (Fsp3) is 0.278. The van der Waals surface area contributed by atoms with Gasteiger partial charge in [0.2, 0.25) is 6.79 Å². The molecular formula is C18H18N2O3S. The third-order valence-electron chi connectivity index (χ3n) is 4.10. The summed E-state index contributed by atoms with van der Waals surface area (Å²) >= 11 is 1.76. The Hall–Kier alpha value is -2.34. The monoisotopic (exact) mass is 342 g/mol. The third kappa shape index (κ3) is 2.89. The van der Waals surface area contributed by atoms with E-state index in [1.54, 1.807) is 11.8 Å². The van der Waals surface area contributed by atoms with Crippen molar-refractivity contribution in [3.63, 3.8) is 0 Å². The molecule has 0 saturated carbocycles. The fourth-order valence-electron chi connectivity index (χ4n) is 2.94. The van der Waals surface area contributed by atoms with Crippen LogP contribution in [0.2, 0.25) is 0 Å². The van der Waals surface area contributed by atoms with Crippen molar-refractivity contribution in [2.24, 2.45) is 0 Å². The summed E-state index contributed by atoms with van der Waals surface area (Å²) < 4.78 is 10.8. The van der Waals surface area contributed by atoms with Gasteiger partial charge in [-0.25, -0.2) is 4.79 Å². The van der Waals surface area contributed by atoms with Gasteiger partial charge in [0.25, 0.3) is 0 Å². The van der Waals surface area contributed by atoms with Gasteiger partial charge in [0.05, 0.1) is 0 Å². The topological polar surface area (TPSA) is 50.8 Å². The Balaban J connectivity index is 1.53. The van der Waals surface area contributed by atoms with Crippen LogP contribution in [0.5, 0.6) is 11.5 Å². The molecule has 4 rings (SSSR count). The molecule has 2 aromatic carbocycles. The second kappa shape index (κ2) is 6.28. The molecule has 1 saturated heterocycles. The van der Waals surface area contributed by atoms with E-state index in [1.807, 2.05) is 54.3 Å². The SMILES string of the molecule is Cc1cccc(NC(=O)N2CCS[C@@H]2c2ccc3c(c2)OCO3)c1. The lowest BCUT2D eigenvalue weighted by atomic mass is 10.2. The predicted molar refractivity (Wildman–Crippen MR) is 94.7 cm³/mol. The maximum atomic E-state index is 12.7. The summed E-state index contributed by atoms with van der Waals surface area (Å²) in [5.74, 6) is 2.43. The summed E-state index contributed by atoms with van der Waals surface area (Å²) in [6.45, 7) is 2.99. The first-order chi connectivity index (χ1) is 11.7. The second-order valence-corrected chi connectivity index (χ2v) is 7.02. The van der Waals surface area contributed by atoms with E-state index in [0.29, 0.717) is 0 Å². The van der Waals surface area contributed by atoms with E-state index in [9.17, 15) is 4.79 Å². The van der Waals surface area contributed by atoms with E-state index in [1.165, 1.54) is 0 Å². The van der Waals surface area contributed by atoms with Crippen molar-refractivity contribution in [1.29, 1.82) is 0 Å². The molecule has 0 bridgehead atoms. The van der Waals surface area contributed by atoms with Crippen LogP contribution >= 0.6 is 11.8 Å². The quantitative estimate of drug-likeness (QED) is 0.896. The first-order valence-electron chi connectivity index (χ1n) is 7.86. The minimum Gasteiger partial charge on any atom is -0.454 e. The number of anilines is 1. The molecule has 1 N–H and O–H groups in total. The van der Waals surface area contributed by atoms with E-state index in [-0.39, 0.29) is 18.2 Å².